The van der Waals surface area contributed by atoms with Crippen molar-refractivity contribution >= 4 is 45.2 Å². The van der Waals surface area contributed by atoms with Gasteiger partial charge in [0.25, 0.3) is 0 Å². The van der Waals surface area contributed by atoms with Gasteiger partial charge in [0.05, 0.1) is 41.5 Å². The molecular weight excluding hydrogens is 965 g/mol. The fourth-order valence-electron chi connectivity index (χ4n) is 10.2. The molecule has 2 aromatic rings. The third-order valence-electron chi connectivity index (χ3n) is 14.4. The zero-order chi connectivity index (χ0) is 49.1. The monoisotopic (exact) mass is 1040 g/mol. The van der Waals surface area contributed by atoms with Crippen LogP contribution in [0.4, 0.5) is 0 Å². The van der Waals surface area contributed by atoms with Gasteiger partial charge in [0.2, 0.25) is 5.91 Å². The number of fused-ring (bicyclic) bond motifs is 1. The van der Waals surface area contributed by atoms with Crippen LogP contribution in [0.3, 0.4) is 0 Å². The maximum Gasteiger partial charge on any atom is 0.312 e. The third-order valence-corrected chi connectivity index (χ3v) is 15.9. The van der Waals surface area contributed by atoms with E-state index in [1.54, 1.807) is 41.5 Å². The molecule has 0 spiro atoms. The van der Waals surface area contributed by atoms with E-state index in [9.17, 15) is 35.1 Å². The average molecular weight is 1040 g/mol. The van der Waals surface area contributed by atoms with Gasteiger partial charge in [-0.3, -0.25) is 14.5 Å². The molecule has 0 aromatic heterocycles. The zero-order valence-electron chi connectivity index (χ0n) is 40.9. The number of esters is 1. The Kier molecular flexibility index (Phi) is 18.9. The fourth-order valence-corrected chi connectivity index (χ4v) is 10.8. The lowest BCUT2D eigenvalue weighted by Crippen LogP contribution is -2.60. The van der Waals surface area contributed by atoms with E-state index in [0.29, 0.717) is 13.0 Å². The van der Waals surface area contributed by atoms with E-state index in [0.717, 1.165) is 16.3 Å². The molecule has 3 aliphatic rings. The van der Waals surface area contributed by atoms with E-state index in [4.69, 9.17) is 28.4 Å². The maximum absolute atomic E-state index is 14.4. The Balaban J connectivity index is 1.49. The van der Waals surface area contributed by atoms with E-state index < -0.39 is 94.0 Å². The minimum Gasteiger partial charge on any atom is -0.448 e. The van der Waals surface area contributed by atoms with Gasteiger partial charge in [-0.05, 0) is 126 Å². The molecule has 0 radical (unpaired) electrons. The van der Waals surface area contributed by atoms with Crippen LogP contribution in [0.25, 0.3) is 10.8 Å². The molecule has 3 heterocycles. The molecule has 66 heavy (non-hydrogen) atoms. The van der Waals surface area contributed by atoms with Gasteiger partial charge in [-0.1, -0.05) is 50.2 Å². The summed E-state index contributed by atoms with van der Waals surface area (Å²) < 4.78 is 36.5. The van der Waals surface area contributed by atoms with Crippen molar-refractivity contribution in [1.82, 2.24) is 15.1 Å². The highest BCUT2D eigenvalue weighted by molar-refractivity contribution is 14.1. The molecule has 0 bridgehead atoms. The van der Waals surface area contributed by atoms with Gasteiger partial charge in [-0.2, -0.15) is 0 Å². The van der Waals surface area contributed by atoms with E-state index in [-0.39, 0.29) is 56.3 Å². The summed E-state index contributed by atoms with van der Waals surface area (Å²) in [5, 5.41) is 64.7. The number of methoxy groups -OCH3 is 1. The lowest BCUT2D eigenvalue weighted by Gasteiger charge is -2.48. The summed E-state index contributed by atoms with van der Waals surface area (Å²) in [4.78, 5) is 31.7. The fraction of sp³-hybridized carbons (Fsp3) is 0.755. The molecule has 0 aliphatic carbocycles. The van der Waals surface area contributed by atoms with Gasteiger partial charge >= 0.3 is 5.97 Å². The van der Waals surface area contributed by atoms with Crippen LogP contribution in [0.15, 0.2) is 42.5 Å². The molecule has 374 valence electrons. The Bertz CT molecular complexity index is 1910. The molecule has 5 rings (SSSR count). The second-order valence-corrected chi connectivity index (χ2v) is 21.5. The first-order valence-corrected chi connectivity index (χ1v) is 24.7. The number of nitrogens with zero attached hydrogens (tertiary/aromatic N) is 2. The van der Waals surface area contributed by atoms with Crippen LogP contribution in [-0.2, 0) is 44.6 Å². The molecule has 6 N–H and O–H groups in total. The van der Waals surface area contributed by atoms with E-state index in [1.165, 1.54) is 14.0 Å². The number of halogens is 1. The number of aliphatic hydroxyl groups is 5. The van der Waals surface area contributed by atoms with Crippen molar-refractivity contribution in [2.45, 2.75) is 183 Å². The van der Waals surface area contributed by atoms with E-state index >= 15 is 0 Å². The van der Waals surface area contributed by atoms with Gasteiger partial charge in [0.15, 0.2) is 16.7 Å². The quantitative estimate of drug-likeness (QED) is 0.106. The summed E-state index contributed by atoms with van der Waals surface area (Å²) in [5.41, 5.74) is -3.76. The second-order valence-electron chi connectivity index (χ2n) is 20.3. The number of aliphatic hydroxyl groups excluding tert-OH is 3. The van der Waals surface area contributed by atoms with Gasteiger partial charge in [0.1, 0.15) is 23.9 Å². The number of hydrogen-bond acceptors (Lipinski definition) is 15. The lowest BCUT2D eigenvalue weighted by atomic mass is 9.77. The second kappa shape index (κ2) is 22.8. The Hall–Kier alpha value is -2.11. The first-order valence-electron chi connectivity index (χ1n) is 23.4. The highest BCUT2D eigenvalue weighted by Crippen LogP contribution is 2.40. The number of hydrogen-bond donors (Lipinski definition) is 6. The van der Waals surface area contributed by atoms with Crippen LogP contribution in [0.1, 0.15) is 93.6 Å². The molecule has 2 aromatic carbocycles. The molecule has 3 saturated heterocycles. The molecule has 1 amide bonds. The number of carbonyl (C=O) groups excluding carboxylic acids is 2. The van der Waals surface area contributed by atoms with Gasteiger partial charge in [0, 0.05) is 57.6 Å². The number of alkyl halides is 1. The van der Waals surface area contributed by atoms with Gasteiger partial charge in [-0.15, -0.1) is 0 Å². The van der Waals surface area contributed by atoms with Gasteiger partial charge in [-0.25, -0.2) is 0 Å². The predicted molar refractivity (Wildman–Crippen MR) is 257 cm³/mol. The number of likely N-dealkylation sites (N-methyl/N-ethyl adjacent to an activating group) is 1. The number of benzene rings is 2. The van der Waals surface area contributed by atoms with Crippen molar-refractivity contribution in [3.05, 3.63) is 48.0 Å². The summed E-state index contributed by atoms with van der Waals surface area (Å²) in [5.74, 6) is -3.19. The normalized spacial score (nSPS) is 41.5. The maximum atomic E-state index is 14.4. The van der Waals surface area contributed by atoms with Crippen molar-refractivity contribution in [2.75, 3.05) is 34.3 Å². The minimum absolute atomic E-state index is 0.0704. The Morgan fingerprint density at radius 1 is 0.939 bits per heavy atom. The number of cyclic esters (lactones) is 1. The van der Waals surface area contributed by atoms with Crippen LogP contribution >= 0.6 is 22.6 Å². The van der Waals surface area contributed by atoms with Gasteiger partial charge < -0.3 is 64.2 Å². The highest BCUT2D eigenvalue weighted by atomic mass is 127. The largest absolute Gasteiger partial charge is 0.448 e. The molecular formula is C49H78IN3O13. The number of amides is 1. The Morgan fingerprint density at radius 2 is 1.61 bits per heavy atom. The molecule has 16 nitrogen and oxygen atoms in total. The van der Waals surface area contributed by atoms with Crippen molar-refractivity contribution in [3.8, 4) is 0 Å². The topological polar surface area (TPSA) is 209 Å². The van der Waals surface area contributed by atoms with Crippen LogP contribution in [-0.4, -0.2) is 170 Å². The standard InChI is InChI=1S/C49H78IN3O13/c1-27-23-47(7,59)43(65-45-39(55)36(52(10)11)21-28(2)62-45)29(3)40(64-38-24-48(8,61-12)42(57)32(6)63-38)30(4)44(58)66-46(50)49(9,60)41(56)31(5)53(26-27)20-19-37(54)51-25-33-17-18-34-15-13-14-16-35(34)22-33/h13-18,22,27-32,36,38-43,45-46,55-57,59-60H,19-21,23-26H2,1-12H3,(H,51,54)/t27-,28-,29+,30-,31-,32+,36+,38+,39-,40+,41-,42+,43-,45+,46+,47-,48-,49+/m1/s1. The molecule has 17 heteroatoms. The molecule has 3 aliphatic heterocycles. The summed E-state index contributed by atoms with van der Waals surface area (Å²) in [6.07, 6.45) is -8.14. The number of nitrogens with one attached hydrogen (secondary N) is 1. The summed E-state index contributed by atoms with van der Waals surface area (Å²) in [6.45, 7) is 16.3. The van der Waals surface area contributed by atoms with Crippen molar-refractivity contribution < 1.29 is 63.5 Å². The number of rotatable bonds is 11. The minimum atomic E-state index is -1.97. The molecule has 0 unspecified atom stereocenters. The predicted octanol–water partition coefficient (Wildman–Crippen LogP) is 4.11. The van der Waals surface area contributed by atoms with Crippen molar-refractivity contribution in [1.29, 1.82) is 0 Å². The van der Waals surface area contributed by atoms with Crippen LogP contribution < -0.4 is 5.32 Å². The Morgan fingerprint density at radius 3 is 2.26 bits per heavy atom. The van der Waals surface area contributed by atoms with Crippen molar-refractivity contribution in [2.24, 2.45) is 17.8 Å². The summed E-state index contributed by atoms with van der Waals surface area (Å²) in [6, 6.07) is 13.0. The van der Waals surface area contributed by atoms with Crippen molar-refractivity contribution in [3.63, 3.8) is 0 Å². The smallest absolute Gasteiger partial charge is 0.312 e. The van der Waals surface area contributed by atoms with Crippen LogP contribution in [0.2, 0.25) is 0 Å². The van der Waals surface area contributed by atoms with Crippen LogP contribution in [0.5, 0.6) is 0 Å². The van der Waals surface area contributed by atoms with E-state index in [2.05, 4.69) is 5.32 Å². The molecule has 18 atom stereocenters. The molecule has 3 fully saturated rings. The van der Waals surface area contributed by atoms with Crippen LogP contribution in [0, 0.1) is 17.8 Å². The lowest BCUT2D eigenvalue weighted by molar-refractivity contribution is -0.317. The van der Waals surface area contributed by atoms with E-state index in [1.807, 2.05) is 103 Å². The molecule has 0 saturated carbocycles. The zero-order valence-corrected chi connectivity index (χ0v) is 43.1. The number of carbonyl (C=O) groups is 2. The SMILES string of the molecule is CO[C@]1(C)C[C@H](O[C@H]2[C@H](C)[C@@H](O[C@@H]3O[C@H](C)C[C@H](N(C)C)[C@H]3O)[C@](C)(O)C[C@@H](C)CN(CCC(=O)NCc3ccc4ccccc4c3)[C@H](C)[C@@H](O)[C@](C)(O)[C@@H](I)OC(=O)[C@@H]2C)O[C@@H](C)[C@@H]1O. The first-order chi connectivity index (χ1) is 30.8. The first kappa shape index (κ1) is 54.8. The summed E-state index contributed by atoms with van der Waals surface area (Å²) >= 11 is 1.81. The average Bonchev–Trinajstić information content (AvgIpc) is 3.26. The highest BCUT2D eigenvalue weighted by Gasteiger charge is 2.53. The summed E-state index contributed by atoms with van der Waals surface area (Å²) in [7, 11) is 5.24. The number of ether oxygens (including phenoxy) is 6. The third kappa shape index (κ3) is 13.0. The Labute approximate surface area is 405 Å².